The second-order valence-electron chi connectivity index (χ2n) is 8.42. The van der Waals surface area contributed by atoms with Crippen LogP contribution in [0.3, 0.4) is 0 Å². The SMILES string of the molecule is CC(C)C1C=Nc2c(NCc3cccc(I)c3)nc(NC3CCC(N)CC3)nc21. The van der Waals surface area contributed by atoms with E-state index >= 15 is 0 Å². The average Bonchev–Trinajstić information content (AvgIpc) is 3.12. The Hall–Kier alpha value is -1.74. The van der Waals surface area contributed by atoms with E-state index in [1.54, 1.807) is 0 Å². The second kappa shape index (κ2) is 8.95. The van der Waals surface area contributed by atoms with E-state index in [0.717, 1.165) is 42.9 Å². The van der Waals surface area contributed by atoms with Crippen molar-refractivity contribution in [3.63, 3.8) is 0 Å². The van der Waals surface area contributed by atoms with Crippen LogP contribution in [0.2, 0.25) is 0 Å². The van der Waals surface area contributed by atoms with Crippen LogP contribution in [0.1, 0.15) is 56.7 Å². The highest BCUT2D eigenvalue weighted by molar-refractivity contribution is 14.1. The largest absolute Gasteiger partial charge is 0.364 e. The Labute approximate surface area is 186 Å². The Bertz CT molecular complexity index is 889. The topological polar surface area (TPSA) is 88.2 Å². The van der Waals surface area contributed by atoms with Crippen LogP contribution >= 0.6 is 22.6 Å². The highest BCUT2D eigenvalue weighted by Crippen LogP contribution is 2.40. The first-order chi connectivity index (χ1) is 14.0. The zero-order valence-electron chi connectivity index (χ0n) is 17.0. The van der Waals surface area contributed by atoms with E-state index in [1.165, 1.54) is 9.13 Å². The van der Waals surface area contributed by atoms with Crippen molar-refractivity contribution in [3.8, 4) is 0 Å². The minimum atomic E-state index is 0.228. The summed E-state index contributed by atoms with van der Waals surface area (Å²) in [4.78, 5) is 14.4. The van der Waals surface area contributed by atoms with Gasteiger partial charge < -0.3 is 16.4 Å². The number of aliphatic imine (C=N–C) groups is 1. The number of nitrogens with zero attached hydrogens (tertiary/aromatic N) is 3. The monoisotopic (exact) mass is 504 g/mol. The van der Waals surface area contributed by atoms with Gasteiger partial charge in [-0.3, -0.25) is 4.99 Å². The summed E-state index contributed by atoms with van der Waals surface area (Å²) in [7, 11) is 0. The molecule has 1 aliphatic heterocycles. The molecule has 0 spiro atoms. The van der Waals surface area contributed by atoms with E-state index in [-0.39, 0.29) is 5.92 Å². The number of hydrogen-bond donors (Lipinski definition) is 3. The average molecular weight is 504 g/mol. The molecule has 0 bridgehead atoms. The molecule has 1 fully saturated rings. The molecule has 2 aromatic rings. The van der Waals surface area contributed by atoms with Crippen molar-refractivity contribution in [3.05, 3.63) is 39.1 Å². The standard InChI is InChI=1S/C22H29IN6/c1-13(2)18-12-25-20-19(18)28-22(27-17-8-6-16(24)7-9-17)29-21(20)26-11-14-4-3-5-15(23)10-14/h3-5,10,12-13,16-18H,6-9,11,24H2,1-2H3,(H2,26,27,28,29). The quantitative estimate of drug-likeness (QED) is 0.491. The van der Waals surface area contributed by atoms with Crippen molar-refractivity contribution in [1.82, 2.24) is 9.97 Å². The fraction of sp³-hybridized carbons (Fsp3) is 0.500. The molecule has 2 heterocycles. The summed E-state index contributed by atoms with van der Waals surface area (Å²) in [5, 5.41) is 7.07. The lowest BCUT2D eigenvalue weighted by Crippen LogP contribution is -2.33. The summed E-state index contributed by atoms with van der Waals surface area (Å²) in [6.45, 7) is 5.13. The lowest BCUT2D eigenvalue weighted by Gasteiger charge is -2.27. The fourth-order valence-electron chi connectivity index (χ4n) is 4.01. The molecular formula is C22H29IN6. The van der Waals surface area contributed by atoms with Crippen molar-refractivity contribution in [1.29, 1.82) is 0 Å². The number of hydrogen-bond acceptors (Lipinski definition) is 6. The van der Waals surface area contributed by atoms with Crippen LogP contribution < -0.4 is 16.4 Å². The molecule has 29 heavy (non-hydrogen) atoms. The highest BCUT2D eigenvalue weighted by atomic mass is 127. The van der Waals surface area contributed by atoms with Gasteiger partial charge in [0.1, 0.15) is 5.69 Å². The number of nitrogens with two attached hydrogens (primary N) is 1. The maximum Gasteiger partial charge on any atom is 0.225 e. The van der Waals surface area contributed by atoms with Crippen molar-refractivity contribution < 1.29 is 0 Å². The van der Waals surface area contributed by atoms with Crippen molar-refractivity contribution >= 4 is 46.3 Å². The van der Waals surface area contributed by atoms with Crippen molar-refractivity contribution in [2.24, 2.45) is 16.6 Å². The predicted octanol–water partition coefficient (Wildman–Crippen LogP) is 4.83. The van der Waals surface area contributed by atoms with Crippen LogP contribution in [0.5, 0.6) is 0 Å². The molecule has 1 unspecified atom stereocenters. The number of halogens is 1. The Morgan fingerprint density at radius 2 is 1.97 bits per heavy atom. The minimum Gasteiger partial charge on any atom is -0.364 e. The van der Waals surface area contributed by atoms with E-state index in [0.29, 0.717) is 30.5 Å². The molecule has 0 saturated heterocycles. The second-order valence-corrected chi connectivity index (χ2v) is 9.66. The highest BCUT2D eigenvalue weighted by Gasteiger charge is 2.28. The van der Waals surface area contributed by atoms with Gasteiger partial charge in [0, 0.05) is 34.3 Å². The van der Waals surface area contributed by atoms with E-state index in [1.807, 2.05) is 6.21 Å². The number of benzene rings is 1. The van der Waals surface area contributed by atoms with Crippen molar-refractivity contribution in [2.45, 2.75) is 64.1 Å². The first-order valence-electron chi connectivity index (χ1n) is 10.5. The maximum atomic E-state index is 6.06. The van der Waals surface area contributed by atoms with Gasteiger partial charge in [-0.15, -0.1) is 0 Å². The maximum absolute atomic E-state index is 6.06. The molecule has 1 atom stereocenters. The third kappa shape index (κ3) is 4.88. The van der Waals surface area contributed by atoms with E-state index in [9.17, 15) is 0 Å². The van der Waals surface area contributed by atoms with Crippen molar-refractivity contribution in [2.75, 3.05) is 10.6 Å². The molecule has 4 N–H and O–H groups in total. The smallest absolute Gasteiger partial charge is 0.225 e. The molecule has 1 saturated carbocycles. The fourth-order valence-corrected chi connectivity index (χ4v) is 4.62. The molecule has 1 aliphatic carbocycles. The zero-order chi connectivity index (χ0) is 20.4. The number of aromatic nitrogens is 2. The van der Waals surface area contributed by atoms with Crippen LogP contribution in [0.4, 0.5) is 17.5 Å². The van der Waals surface area contributed by atoms with Gasteiger partial charge in [-0.05, 0) is 71.9 Å². The van der Waals surface area contributed by atoms with E-state index in [4.69, 9.17) is 15.7 Å². The van der Waals surface area contributed by atoms with Crippen LogP contribution in [-0.4, -0.2) is 28.3 Å². The Morgan fingerprint density at radius 3 is 2.69 bits per heavy atom. The van der Waals surface area contributed by atoms with Gasteiger partial charge in [-0.25, -0.2) is 4.98 Å². The van der Waals surface area contributed by atoms with Gasteiger partial charge in [0.25, 0.3) is 0 Å². The summed E-state index contributed by atoms with van der Waals surface area (Å²) in [6, 6.07) is 9.20. The summed E-state index contributed by atoms with van der Waals surface area (Å²) < 4.78 is 1.23. The predicted molar refractivity (Wildman–Crippen MR) is 128 cm³/mol. The molecule has 154 valence electrons. The van der Waals surface area contributed by atoms with Crippen LogP contribution in [-0.2, 0) is 6.54 Å². The van der Waals surface area contributed by atoms with Gasteiger partial charge in [0.15, 0.2) is 5.82 Å². The molecule has 1 aromatic carbocycles. The molecule has 2 aliphatic rings. The third-order valence-corrected chi connectivity index (χ3v) is 6.43. The number of nitrogens with one attached hydrogen (secondary N) is 2. The van der Waals surface area contributed by atoms with E-state index < -0.39 is 0 Å². The first kappa shape index (κ1) is 20.5. The Balaban J connectivity index is 1.58. The summed E-state index contributed by atoms with van der Waals surface area (Å²) in [5.41, 5.74) is 9.19. The lowest BCUT2D eigenvalue weighted by molar-refractivity contribution is 0.409. The summed E-state index contributed by atoms with van der Waals surface area (Å²) >= 11 is 2.34. The normalized spacial score (nSPS) is 23.3. The summed E-state index contributed by atoms with van der Waals surface area (Å²) in [5.74, 6) is 2.18. The molecule has 1 aromatic heterocycles. The van der Waals surface area contributed by atoms with Crippen LogP contribution in [0, 0.1) is 9.49 Å². The molecule has 7 heteroatoms. The molecule has 0 radical (unpaired) electrons. The minimum absolute atomic E-state index is 0.228. The lowest BCUT2D eigenvalue weighted by atomic mass is 9.92. The Kier molecular flexibility index (Phi) is 6.34. The molecule has 6 nitrogen and oxygen atoms in total. The number of anilines is 2. The zero-order valence-corrected chi connectivity index (χ0v) is 19.2. The van der Waals surface area contributed by atoms with Crippen LogP contribution in [0.25, 0.3) is 0 Å². The molecule has 0 amide bonds. The van der Waals surface area contributed by atoms with Gasteiger partial charge in [-0.2, -0.15) is 4.98 Å². The number of rotatable bonds is 6. The number of fused-ring (bicyclic) bond motifs is 1. The first-order valence-corrected chi connectivity index (χ1v) is 11.5. The molecular weight excluding hydrogens is 475 g/mol. The van der Waals surface area contributed by atoms with Gasteiger partial charge >= 0.3 is 0 Å². The Morgan fingerprint density at radius 1 is 1.17 bits per heavy atom. The van der Waals surface area contributed by atoms with Gasteiger partial charge in [0.05, 0.1) is 5.69 Å². The van der Waals surface area contributed by atoms with Gasteiger partial charge in [-0.1, -0.05) is 26.0 Å². The summed E-state index contributed by atoms with van der Waals surface area (Å²) in [6.07, 6.45) is 6.26. The molecule has 4 rings (SSSR count). The van der Waals surface area contributed by atoms with E-state index in [2.05, 4.69) is 76.3 Å². The van der Waals surface area contributed by atoms with Gasteiger partial charge in [0.2, 0.25) is 5.95 Å². The third-order valence-electron chi connectivity index (χ3n) is 5.76. The van der Waals surface area contributed by atoms with Crippen LogP contribution in [0.15, 0.2) is 29.3 Å².